The van der Waals surface area contributed by atoms with Crippen LogP contribution < -0.4 is 10.6 Å². The van der Waals surface area contributed by atoms with Crippen LogP contribution in [-0.4, -0.2) is 18.4 Å². The number of benzene rings is 3. The number of para-hydroxylation sites is 1. The third-order valence-corrected chi connectivity index (χ3v) is 4.19. The molecule has 4 heteroatoms. The van der Waals surface area contributed by atoms with Crippen LogP contribution in [0, 0.1) is 0 Å². The monoisotopic (exact) mass is 358 g/mol. The second-order valence-corrected chi connectivity index (χ2v) is 6.19. The summed E-state index contributed by atoms with van der Waals surface area (Å²) in [6.07, 6.45) is 0.927. The van der Waals surface area contributed by atoms with Gasteiger partial charge in [0.2, 0.25) is 5.91 Å². The van der Waals surface area contributed by atoms with Crippen LogP contribution in [0.4, 0.5) is 5.69 Å². The summed E-state index contributed by atoms with van der Waals surface area (Å²) >= 11 is 0. The van der Waals surface area contributed by atoms with Crippen molar-refractivity contribution in [2.24, 2.45) is 0 Å². The van der Waals surface area contributed by atoms with E-state index < -0.39 is 0 Å². The first-order valence-electron chi connectivity index (χ1n) is 9.01. The van der Waals surface area contributed by atoms with Crippen LogP contribution in [-0.2, 0) is 4.79 Å². The molecular weight excluding hydrogens is 336 g/mol. The van der Waals surface area contributed by atoms with Crippen molar-refractivity contribution in [1.29, 1.82) is 0 Å². The van der Waals surface area contributed by atoms with Crippen molar-refractivity contribution in [3.63, 3.8) is 0 Å². The van der Waals surface area contributed by atoms with Gasteiger partial charge in [-0.25, -0.2) is 0 Å². The molecule has 0 aliphatic carbocycles. The van der Waals surface area contributed by atoms with E-state index in [1.165, 1.54) is 0 Å². The van der Waals surface area contributed by atoms with Crippen molar-refractivity contribution in [3.05, 3.63) is 90.5 Å². The number of hydrogen-bond acceptors (Lipinski definition) is 2. The third-order valence-electron chi connectivity index (χ3n) is 4.19. The molecule has 27 heavy (non-hydrogen) atoms. The van der Waals surface area contributed by atoms with Gasteiger partial charge in [-0.1, -0.05) is 66.7 Å². The van der Waals surface area contributed by atoms with E-state index >= 15 is 0 Å². The van der Waals surface area contributed by atoms with Gasteiger partial charge in [-0.05, 0) is 30.2 Å². The topological polar surface area (TPSA) is 58.2 Å². The molecule has 3 aromatic rings. The first kappa shape index (κ1) is 18.4. The van der Waals surface area contributed by atoms with E-state index in [1.807, 2.05) is 72.8 Å². The number of carbonyl (C=O) groups is 2. The summed E-state index contributed by atoms with van der Waals surface area (Å²) in [4.78, 5) is 24.3. The Bertz CT molecular complexity index is 893. The van der Waals surface area contributed by atoms with Crippen LogP contribution >= 0.6 is 0 Å². The average Bonchev–Trinajstić information content (AvgIpc) is 2.73. The van der Waals surface area contributed by atoms with E-state index in [0.717, 1.165) is 16.8 Å². The summed E-state index contributed by atoms with van der Waals surface area (Å²) in [5.74, 6) is -0.183. The molecule has 3 rings (SSSR count). The zero-order valence-corrected chi connectivity index (χ0v) is 15.0. The van der Waals surface area contributed by atoms with Crippen LogP contribution in [0.3, 0.4) is 0 Å². The second kappa shape index (κ2) is 9.34. The van der Waals surface area contributed by atoms with Gasteiger partial charge in [0.25, 0.3) is 5.91 Å². The zero-order valence-electron chi connectivity index (χ0n) is 15.0. The number of nitrogens with one attached hydrogen (secondary N) is 2. The number of hydrogen-bond donors (Lipinski definition) is 2. The fourth-order valence-corrected chi connectivity index (χ4v) is 2.82. The van der Waals surface area contributed by atoms with Gasteiger partial charge in [0.05, 0.1) is 0 Å². The Labute approximate surface area is 159 Å². The van der Waals surface area contributed by atoms with Crippen LogP contribution in [0.2, 0.25) is 0 Å². The zero-order chi connectivity index (χ0) is 18.9. The number of rotatable bonds is 7. The fraction of sp³-hybridized carbons (Fsp3) is 0.130. The maximum Gasteiger partial charge on any atom is 0.251 e. The lowest BCUT2D eigenvalue weighted by Crippen LogP contribution is -2.25. The fourth-order valence-electron chi connectivity index (χ4n) is 2.82. The van der Waals surface area contributed by atoms with Crippen LogP contribution in [0.15, 0.2) is 84.9 Å². The summed E-state index contributed by atoms with van der Waals surface area (Å²) in [6, 6.07) is 26.8. The molecule has 0 aliphatic rings. The Kier molecular flexibility index (Phi) is 6.36. The minimum atomic E-state index is -0.120. The molecule has 0 aromatic heterocycles. The molecule has 4 nitrogen and oxygen atoms in total. The molecule has 0 atom stereocenters. The Morgan fingerprint density at radius 2 is 1.37 bits per heavy atom. The quantitative estimate of drug-likeness (QED) is 0.611. The molecule has 2 amide bonds. The minimum Gasteiger partial charge on any atom is -0.352 e. The summed E-state index contributed by atoms with van der Waals surface area (Å²) in [5.41, 5.74) is 3.47. The number of carbonyl (C=O) groups excluding carboxylic acids is 2. The van der Waals surface area contributed by atoms with Crippen molar-refractivity contribution < 1.29 is 9.59 Å². The molecule has 0 bridgehead atoms. The highest BCUT2D eigenvalue weighted by molar-refractivity contribution is 5.96. The summed E-state index contributed by atoms with van der Waals surface area (Å²) < 4.78 is 0. The van der Waals surface area contributed by atoms with E-state index in [0.29, 0.717) is 24.9 Å². The molecule has 0 radical (unpaired) electrons. The molecule has 0 heterocycles. The van der Waals surface area contributed by atoms with Gasteiger partial charge < -0.3 is 10.6 Å². The second-order valence-electron chi connectivity index (χ2n) is 6.19. The smallest absolute Gasteiger partial charge is 0.251 e. The van der Waals surface area contributed by atoms with Crippen molar-refractivity contribution >= 4 is 17.5 Å². The number of anilines is 1. The predicted octanol–water partition coefficient (Wildman–Crippen LogP) is 4.50. The SMILES string of the molecule is O=C(CCCNC(=O)c1ccccc1)Nc1ccccc1-c1ccccc1. The Morgan fingerprint density at radius 3 is 2.11 bits per heavy atom. The standard InChI is InChI=1S/C23H22N2O2/c26-22(16-9-17-24-23(27)19-12-5-2-6-13-19)25-21-15-8-7-14-20(21)18-10-3-1-4-11-18/h1-8,10-15H,9,16-17H2,(H,24,27)(H,25,26). The number of amides is 2. The summed E-state index contributed by atoms with van der Waals surface area (Å²) in [6.45, 7) is 0.460. The van der Waals surface area contributed by atoms with Crippen LogP contribution in [0.25, 0.3) is 11.1 Å². The maximum atomic E-state index is 12.3. The first-order chi connectivity index (χ1) is 13.2. The lowest BCUT2D eigenvalue weighted by Gasteiger charge is -2.11. The third kappa shape index (κ3) is 5.28. The van der Waals surface area contributed by atoms with Crippen molar-refractivity contribution in [2.75, 3.05) is 11.9 Å². The van der Waals surface area contributed by atoms with E-state index in [2.05, 4.69) is 10.6 Å². The molecule has 0 unspecified atom stereocenters. The Morgan fingerprint density at radius 1 is 0.741 bits per heavy atom. The Hall–Kier alpha value is -3.40. The average molecular weight is 358 g/mol. The van der Waals surface area contributed by atoms with Crippen molar-refractivity contribution in [1.82, 2.24) is 5.32 Å². The lowest BCUT2D eigenvalue weighted by molar-refractivity contribution is -0.116. The first-order valence-corrected chi connectivity index (χ1v) is 9.01. The molecule has 0 spiro atoms. The molecule has 0 saturated carbocycles. The molecule has 0 aliphatic heterocycles. The van der Waals surface area contributed by atoms with Crippen molar-refractivity contribution in [2.45, 2.75) is 12.8 Å². The van der Waals surface area contributed by atoms with Gasteiger partial charge in [0.1, 0.15) is 0 Å². The minimum absolute atomic E-state index is 0.0626. The van der Waals surface area contributed by atoms with Crippen LogP contribution in [0.5, 0.6) is 0 Å². The van der Waals surface area contributed by atoms with Gasteiger partial charge in [0, 0.05) is 29.8 Å². The molecule has 0 saturated heterocycles. The van der Waals surface area contributed by atoms with Gasteiger partial charge in [0.15, 0.2) is 0 Å². The van der Waals surface area contributed by atoms with Gasteiger partial charge >= 0.3 is 0 Å². The van der Waals surface area contributed by atoms with E-state index in [4.69, 9.17) is 0 Å². The molecule has 3 aromatic carbocycles. The Balaban J connectivity index is 1.50. The molecular formula is C23H22N2O2. The van der Waals surface area contributed by atoms with Crippen LogP contribution in [0.1, 0.15) is 23.2 Å². The van der Waals surface area contributed by atoms with E-state index in [-0.39, 0.29) is 11.8 Å². The van der Waals surface area contributed by atoms with Gasteiger partial charge in [-0.3, -0.25) is 9.59 Å². The lowest BCUT2D eigenvalue weighted by atomic mass is 10.0. The largest absolute Gasteiger partial charge is 0.352 e. The van der Waals surface area contributed by atoms with Crippen molar-refractivity contribution in [3.8, 4) is 11.1 Å². The molecule has 2 N–H and O–H groups in total. The van der Waals surface area contributed by atoms with E-state index in [9.17, 15) is 9.59 Å². The normalized spacial score (nSPS) is 10.2. The van der Waals surface area contributed by atoms with E-state index in [1.54, 1.807) is 12.1 Å². The highest BCUT2D eigenvalue weighted by atomic mass is 16.2. The predicted molar refractivity (Wildman–Crippen MR) is 109 cm³/mol. The summed E-state index contributed by atoms with van der Waals surface area (Å²) in [7, 11) is 0. The summed E-state index contributed by atoms with van der Waals surface area (Å²) in [5, 5.41) is 5.81. The highest BCUT2D eigenvalue weighted by Gasteiger charge is 2.09. The maximum absolute atomic E-state index is 12.3. The molecule has 0 fully saturated rings. The van der Waals surface area contributed by atoms with Gasteiger partial charge in [-0.2, -0.15) is 0 Å². The molecule has 136 valence electrons. The van der Waals surface area contributed by atoms with Gasteiger partial charge in [-0.15, -0.1) is 0 Å². The highest BCUT2D eigenvalue weighted by Crippen LogP contribution is 2.27.